The molecule has 0 aromatic rings. The predicted octanol–water partition coefficient (Wildman–Crippen LogP) is 14.5. The molecule has 0 spiro atoms. The van der Waals surface area contributed by atoms with E-state index in [9.17, 15) is 61.0 Å². The van der Waals surface area contributed by atoms with Gasteiger partial charge in [-0.1, -0.05) is 332 Å². The van der Waals surface area contributed by atoms with Gasteiger partial charge in [-0.2, -0.15) is 0 Å². The van der Waals surface area contributed by atoms with Gasteiger partial charge in [0.15, 0.2) is 18.9 Å². The van der Waals surface area contributed by atoms with Crippen molar-refractivity contribution in [3.8, 4) is 0 Å². The van der Waals surface area contributed by atoms with E-state index in [4.69, 9.17) is 28.4 Å². The first kappa shape index (κ1) is 94.0. The van der Waals surface area contributed by atoms with Crippen LogP contribution in [0.15, 0.2) is 48.6 Å². The smallest absolute Gasteiger partial charge is 0.220 e. The van der Waals surface area contributed by atoms with Crippen LogP contribution in [0.4, 0.5) is 0 Å². The lowest BCUT2D eigenvalue weighted by molar-refractivity contribution is -0.379. The zero-order valence-electron chi connectivity index (χ0n) is 64.1. The van der Waals surface area contributed by atoms with Crippen molar-refractivity contribution < 1.29 is 89.4 Å². The van der Waals surface area contributed by atoms with Crippen molar-refractivity contribution >= 4 is 5.91 Å². The molecule has 3 saturated heterocycles. The third kappa shape index (κ3) is 43.1. The van der Waals surface area contributed by atoms with Crippen LogP contribution in [0.5, 0.6) is 0 Å². The van der Waals surface area contributed by atoms with E-state index in [1.54, 1.807) is 0 Å². The molecule has 19 heteroatoms. The Kier molecular flexibility index (Phi) is 58.6. The summed E-state index contributed by atoms with van der Waals surface area (Å²) in [6.45, 7) is 1.74. The first-order chi connectivity index (χ1) is 49.8. The summed E-state index contributed by atoms with van der Waals surface area (Å²) in [5.41, 5.74) is 0. The van der Waals surface area contributed by atoms with Crippen molar-refractivity contribution in [1.29, 1.82) is 0 Å². The van der Waals surface area contributed by atoms with Gasteiger partial charge in [0.2, 0.25) is 5.91 Å². The Morgan fingerprint density at radius 2 is 0.676 bits per heavy atom. The highest BCUT2D eigenvalue weighted by Gasteiger charge is 2.54. The third-order valence-corrected chi connectivity index (χ3v) is 20.9. The largest absolute Gasteiger partial charge is 0.394 e. The summed E-state index contributed by atoms with van der Waals surface area (Å²) in [4.78, 5) is 13.5. The molecule has 102 heavy (non-hydrogen) atoms. The maximum Gasteiger partial charge on any atom is 0.220 e. The molecule has 0 saturated carbocycles. The fourth-order valence-electron chi connectivity index (χ4n) is 14.3. The average molecular weight is 1450 g/mol. The van der Waals surface area contributed by atoms with Crippen LogP contribution >= 0.6 is 0 Å². The molecule has 17 atom stereocenters. The molecule has 3 aliphatic heterocycles. The Morgan fingerprint density at radius 3 is 1.06 bits per heavy atom. The van der Waals surface area contributed by atoms with Crippen molar-refractivity contribution in [1.82, 2.24) is 5.32 Å². The van der Waals surface area contributed by atoms with E-state index >= 15 is 0 Å². The molecule has 17 unspecified atom stereocenters. The van der Waals surface area contributed by atoms with E-state index in [-0.39, 0.29) is 18.9 Å². The molecule has 3 fully saturated rings. The lowest BCUT2D eigenvalue weighted by Gasteiger charge is -2.48. The first-order valence-electron chi connectivity index (χ1n) is 41.9. The highest BCUT2D eigenvalue weighted by atomic mass is 16.8. The van der Waals surface area contributed by atoms with E-state index in [0.717, 1.165) is 70.6 Å². The van der Waals surface area contributed by atoms with Crippen LogP contribution in [-0.2, 0) is 33.2 Å². The molecule has 0 aliphatic carbocycles. The number of aliphatic hydroxyl groups excluding tert-OH is 11. The topological polar surface area (TPSA) is 307 Å². The number of aliphatic hydroxyl groups is 11. The number of amides is 1. The van der Waals surface area contributed by atoms with E-state index in [1.165, 1.54) is 238 Å². The summed E-state index contributed by atoms with van der Waals surface area (Å²) in [7, 11) is 0. The van der Waals surface area contributed by atoms with E-state index in [0.29, 0.717) is 12.8 Å². The van der Waals surface area contributed by atoms with Gasteiger partial charge in [0.05, 0.1) is 38.6 Å². The Balaban J connectivity index is 1.35. The van der Waals surface area contributed by atoms with Crippen LogP contribution in [0.1, 0.15) is 341 Å². The average Bonchev–Trinajstić information content (AvgIpc) is 0.781. The summed E-state index contributed by atoms with van der Waals surface area (Å²) < 4.78 is 34.6. The maximum atomic E-state index is 13.5. The van der Waals surface area contributed by atoms with Crippen LogP contribution in [0.25, 0.3) is 0 Å². The van der Waals surface area contributed by atoms with Crippen LogP contribution in [-0.4, -0.2) is 193 Å². The molecular weight excluding hydrogens is 1300 g/mol. The Labute approximate surface area is 618 Å². The molecule has 19 nitrogen and oxygen atoms in total. The second-order valence-corrected chi connectivity index (χ2v) is 29.9. The Bertz CT molecular complexity index is 2030. The van der Waals surface area contributed by atoms with Gasteiger partial charge < -0.3 is 89.9 Å². The van der Waals surface area contributed by atoms with Crippen molar-refractivity contribution in [2.24, 2.45) is 0 Å². The van der Waals surface area contributed by atoms with Crippen LogP contribution in [0.3, 0.4) is 0 Å². The molecule has 3 aliphatic rings. The van der Waals surface area contributed by atoms with Gasteiger partial charge in [-0.25, -0.2) is 0 Å². The summed E-state index contributed by atoms with van der Waals surface area (Å²) in [5.74, 6) is -0.237. The minimum absolute atomic E-state index is 0.237. The number of carbonyl (C=O) groups excluding carboxylic acids is 1. The minimum atomic E-state index is -1.97. The number of rotatable bonds is 67. The fraction of sp³-hybridized carbons (Fsp3) is 0.892. The van der Waals surface area contributed by atoms with E-state index in [1.807, 2.05) is 0 Å². The SMILES string of the molecule is CC/C=C\C/C=C\C/C=C\C/C=C\CCCCCCCCCCCCCCCCCCCCC(=O)NC(COC1OC(CO)C(OC2OC(CO)C(OC3OC(CO)C(O)C(O)C3O)C(O)C2O)C(O)C1O)C(O)CCCCCCCCCCCCCCCCCCCCCCCCCCCC. The summed E-state index contributed by atoms with van der Waals surface area (Å²) in [6, 6.07) is -0.889. The molecule has 12 N–H and O–H groups in total. The van der Waals surface area contributed by atoms with Crippen LogP contribution in [0.2, 0.25) is 0 Å². The molecule has 0 aromatic carbocycles. The lowest BCUT2D eigenvalue weighted by Crippen LogP contribution is -2.66. The number of nitrogens with one attached hydrogen (secondary N) is 1. The maximum absolute atomic E-state index is 13.5. The van der Waals surface area contributed by atoms with Gasteiger partial charge in [0.1, 0.15) is 73.2 Å². The summed E-state index contributed by atoms with van der Waals surface area (Å²) in [6.07, 6.45) is 53.4. The van der Waals surface area contributed by atoms with Gasteiger partial charge in [-0.05, 0) is 51.4 Å². The number of unbranched alkanes of at least 4 members (excludes halogenated alkanes) is 43. The molecule has 598 valence electrons. The molecule has 1 amide bonds. The van der Waals surface area contributed by atoms with Crippen molar-refractivity contribution in [2.75, 3.05) is 26.4 Å². The van der Waals surface area contributed by atoms with Crippen LogP contribution in [0, 0.1) is 0 Å². The van der Waals surface area contributed by atoms with E-state index in [2.05, 4.69) is 67.8 Å². The van der Waals surface area contributed by atoms with Gasteiger partial charge in [-0.15, -0.1) is 0 Å². The molecule has 3 rings (SSSR count). The lowest BCUT2D eigenvalue weighted by atomic mass is 9.96. The quantitative estimate of drug-likeness (QED) is 0.0199. The van der Waals surface area contributed by atoms with Gasteiger partial charge in [0.25, 0.3) is 0 Å². The molecule has 0 radical (unpaired) electrons. The number of ether oxygens (including phenoxy) is 6. The van der Waals surface area contributed by atoms with Gasteiger partial charge >= 0.3 is 0 Å². The highest BCUT2D eigenvalue weighted by molar-refractivity contribution is 5.76. The van der Waals surface area contributed by atoms with Crippen molar-refractivity contribution in [2.45, 2.75) is 446 Å². The number of carbonyl (C=O) groups is 1. The van der Waals surface area contributed by atoms with Crippen LogP contribution < -0.4 is 5.32 Å². The number of hydrogen-bond donors (Lipinski definition) is 12. The standard InChI is InChI=1S/C83H153NO18/c1-3-5-7-9-11-13-15-17-19-21-23-25-27-29-31-32-33-34-35-37-39-41-43-45-47-49-51-53-55-57-59-61-71(89)84-66(67(88)60-58-56-54-52-50-48-46-44-42-40-38-36-30-28-26-24-22-20-18-16-14-12-10-8-6-4-2)65-97-81-77(95)74(92)79(69(63-86)99-81)102-83-78(96)75(93)80(70(64-87)100-83)101-82-76(94)73(91)72(90)68(62-85)98-82/h5,7,11,13,17,19,23,25,66-70,72-83,85-88,90-96H,3-4,6,8-10,12,14-16,18,20-22,24,26-65H2,1-2H3,(H,84,89)/b7-5-,13-11-,19-17-,25-23-. The zero-order valence-corrected chi connectivity index (χ0v) is 64.1. The predicted molar refractivity (Wildman–Crippen MR) is 406 cm³/mol. The second kappa shape index (κ2) is 63.7. The van der Waals surface area contributed by atoms with E-state index < -0.39 is 124 Å². The van der Waals surface area contributed by atoms with Crippen molar-refractivity contribution in [3.63, 3.8) is 0 Å². The second-order valence-electron chi connectivity index (χ2n) is 29.9. The molecule has 0 bridgehead atoms. The monoisotopic (exact) mass is 1450 g/mol. The Morgan fingerprint density at radius 1 is 0.363 bits per heavy atom. The fourth-order valence-corrected chi connectivity index (χ4v) is 14.3. The zero-order chi connectivity index (χ0) is 73.9. The Hall–Kier alpha value is -2.25. The number of allylic oxidation sites excluding steroid dienone is 8. The summed E-state index contributed by atoms with van der Waals surface area (Å²) >= 11 is 0. The number of hydrogen-bond acceptors (Lipinski definition) is 18. The van der Waals surface area contributed by atoms with Crippen molar-refractivity contribution in [3.05, 3.63) is 48.6 Å². The normalized spacial score (nSPS) is 26.4. The third-order valence-electron chi connectivity index (χ3n) is 20.9. The highest BCUT2D eigenvalue weighted by Crippen LogP contribution is 2.33. The van der Waals surface area contributed by atoms with Gasteiger partial charge in [-0.3, -0.25) is 4.79 Å². The molecule has 0 aromatic heterocycles. The van der Waals surface area contributed by atoms with Gasteiger partial charge in [0, 0.05) is 6.42 Å². The minimum Gasteiger partial charge on any atom is -0.394 e. The molecule has 3 heterocycles. The summed E-state index contributed by atoms with van der Waals surface area (Å²) in [5, 5.41) is 121. The first-order valence-corrected chi connectivity index (χ1v) is 41.9. The molecular formula is C83H153NO18.